The summed E-state index contributed by atoms with van der Waals surface area (Å²) >= 11 is 0. The van der Waals surface area contributed by atoms with Crippen molar-refractivity contribution < 1.29 is 28.6 Å². The van der Waals surface area contributed by atoms with E-state index in [1.54, 1.807) is 0 Å². The quantitative estimate of drug-likeness (QED) is 0.104. The highest BCUT2D eigenvalue weighted by molar-refractivity contribution is 5.85. The third-order valence-corrected chi connectivity index (χ3v) is 5.72. The Labute approximate surface area is 202 Å². The molecule has 0 saturated heterocycles. The lowest BCUT2D eigenvalue weighted by Crippen LogP contribution is -2.40. The van der Waals surface area contributed by atoms with Gasteiger partial charge in [0.2, 0.25) is 6.10 Å². The maximum Gasteiger partial charge on any atom is 0.348 e. The average molecular weight is 471 g/mol. The molecule has 6 nitrogen and oxygen atoms in total. The van der Waals surface area contributed by atoms with Crippen LogP contribution in [0.4, 0.5) is 0 Å². The largest absolute Gasteiger partial charge is 0.465 e. The third-order valence-electron chi connectivity index (χ3n) is 5.72. The van der Waals surface area contributed by atoms with Gasteiger partial charge in [0.15, 0.2) is 0 Å². The van der Waals surface area contributed by atoms with Crippen molar-refractivity contribution in [1.82, 2.24) is 0 Å². The second kappa shape index (κ2) is 21.0. The van der Waals surface area contributed by atoms with Gasteiger partial charge in [-0.15, -0.1) is 0 Å². The van der Waals surface area contributed by atoms with Crippen LogP contribution in [-0.4, -0.2) is 37.2 Å². The van der Waals surface area contributed by atoms with Crippen LogP contribution in [0.3, 0.4) is 0 Å². The highest BCUT2D eigenvalue weighted by Gasteiger charge is 2.38. The summed E-state index contributed by atoms with van der Waals surface area (Å²) in [6, 6.07) is 0. The molecule has 33 heavy (non-hydrogen) atoms. The first-order valence-electron chi connectivity index (χ1n) is 13.3. The molecule has 0 aliphatic carbocycles. The van der Waals surface area contributed by atoms with Gasteiger partial charge in [-0.05, 0) is 25.2 Å². The molecule has 0 spiro atoms. The Morgan fingerprint density at radius 1 is 0.636 bits per heavy atom. The molecular formula is C27H50O6. The van der Waals surface area contributed by atoms with Crippen molar-refractivity contribution >= 4 is 17.9 Å². The standard InChI is InChI=1S/C27H50O6/c1-6-8-19-24(25(33-23(5)28)27(30)32-20-9-7-2)26(29)31-21-17-15-13-11-10-12-14-16-18-22(3)4/h22,24-25H,6-21H2,1-5H3. The molecule has 0 rings (SSSR count). The summed E-state index contributed by atoms with van der Waals surface area (Å²) in [5.74, 6) is -1.78. The van der Waals surface area contributed by atoms with E-state index in [1.807, 2.05) is 13.8 Å². The van der Waals surface area contributed by atoms with Crippen molar-refractivity contribution in [2.24, 2.45) is 11.8 Å². The number of unbranched alkanes of at least 4 members (excludes halogenated alkanes) is 9. The summed E-state index contributed by atoms with van der Waals surface area (Å²) in [5.41, 5.74) is 0. The van der Waals surface area contributed by atoms with E-state index in [1.165, 1.54) is 45.4 Å². The maximum atomic E-state index is 12.8. The average Bonchev–Trinajstić information content (AvgIpc) is 2.76. The summed E-state index contributed by atoms with van der Waals surface area (Å²) < 4.78 is 16.0. The Hall–Kier alpha value is -1.59. The van der Waals surface area contributed by atoms with Crippen molar-refractivity contribution in [1.29, 1.82) is 0 Å². The number of rotatable bonds is 21. The minimum Gasteiger partial charge on any atom is -0.465 e. The zero-order valence-electron chi connectivity index (χ0n) is 22.0. The van der Waals surface area contributed by atoms with E-state index in [-0.39, 0.29) is 6.61 Å². The van der Waals surface area contributed by atoms with Crippen LogP contribution >= 0.6 is 0 Å². The van der Waals surface area contributed by atoms with E-state index < -0.39 is 29.9 Å². The van der Waals surface area contributed by atoms with E-state index in [2.05, 4.69) is 13.8 Å². The fraction of sp³-hybridized carbons (Fsp3) is 0.889. The molecule has 0 aromatic heterocycles. The van der Waals surface area contributed by atoms with Gasteiger partial charge in [-0.3, -0.25) is 9.59 Å². The first-order valence-corrected chi connectivity index (χ1v) is 13.3. The Kier molecular flexibility index (Phi) is 20.0. The molecule has 0 amide bonds. The Balaban J connectivity index is 4.43. The summed E-state index contributed by atoms with van der Waals surface area (Å²) in [7, 11) is 0. The normalized spacial score (nSPS) is 12.9. The van der Waals surface area contributed by atoms with Crippen molar-refractivity contribution in [2.75, 3.05) is 13.2 Å². The zero-order valence-corrected chi connectivity index (χ0v) is 22.0. The first kappa shape index (κ1) is 31.4. The number of carbonyl (C=O) groups excluding carboxylic acids is 3. The summed E-state index contributed by atoms with van der Waals surface area (Å²) in [4.78, 5) is 36.9. The summed E-state index contributed by atoms with van der Waals surface area (Å²) in [5, 5.41) is 0. The molecule has 2 unspecified atom stereocenters. The number of ether oxygens (including phenoxy) is 3. The SMILES string of the molecule is CCCCOC(=O)C(OC(C)=O)C(CCCC)C(=O)OCCCCCCCCCCC(C)C. The molecule has 6 heteroatoms. The molecular weight excluding hydrogens is 420 g/mol. The minimum absolute atomic E-state index is 0.250. The Bertz CT molecular complexity index is 517. The van der Waals surface area contributed by atoms with Gasteiger partial charge in [0.25, 0.3) is 0 Å². The van der Waals surface area contributed by atoms with Crippen LogP contribution in [0.5, 0.6) is 0 Å². The monoisotopic (exact) mass is 470 g/mol. The molecule has 0 aliphatic rings. The van der Waals surface area contributed by atoms with Crippen LogP contribution in [0, 0.1) is 11.8 Å². The van der Waals surface area contributed by atoms with Gasteiger partial charge in [-0.2, -0.15) is 0 Å². The predicted molar refractivity (Wildman–Crippen MR) is 132 cm³/mol. The van der Waals surface area contributed by atoms with Crippen molar-refractivity contribution in [3.63, 3.8) is 0 Å². The molecule has 0 radical (unpaired) electrons. The lowest BCUT2D eigenvalue weighted by atomic mass is 9.95. The van der Waals surface area contributed by atoms with E-state index in [9.17, 15) is 14.4 Å². The molecule has 0 fully saturated rings. The second-order valence-electron chi connectivity index (χ2n) is 9.48. The van der Waals surface area contributed by atoms with Crippen LogP contribution < -0.4 is 0 Å². The zero-order chi connectivity index (χ0) is 24.9. The first-order chi connectivity index (χ1) is 15.8. The fourth-order valence-electron chi connectivity index (χ4n) is 3.68. The molecule has 0 aromatic rings. The van der Waals surface area contributed by atoms with E-state index >= 15 is 0 Å². The predicted octanol–water partition coefficient (Wildman–Crippen LogP) is 6.78. The number of hydrogen-bond donors (Lipinski definition) is 0. The van der Waals surface area contributed by atoms with Crippen LogP contribution in [0.15, 0.2) is 0 Å². The smallest absolute Gasteiger partial charge is 0.348 e. The van der Waals surface area contributed by atoms with Crippen LogP contribution in [0.2, 0.25) is 0 Å². The molecule has 0 N–H and O–H groups in total. The van der Waals surface area contributed by atoms with Crippen molar-refractivity contribution in [3.8, 4) is 0 Å². The summed E-state index contributed by atoms with van der Waals surface area (Å²) in [6.45, 7) is 10.4. The minimum atomic E-state index is -1.24. The van der Waals surface area contributed by atoms with E-state index in [0.29, 0.717) is 13.0 Å². The Morgan fingerprint density at radius 3 is 1.70 bits per heavy atom. The third kappa shape index (κ3) is 17.5. The fourth-order valence-corrected chi connectivity index (χ4v) is 3.68. The summed E-state index contributed by atoms with van der Waals surface area (Å²) in [6.07, 6.45) is 13.1. The van der Waals surface area contributed by atoms with Gasteiger partial charge in [-0.1, -0.05) is 98.3 Å². The molecule has 194 valence electrons. The van der Waals surface area contributed by atoms with Gasteiger partial charge in [0, 0.05) is 6.92 Å². The number of carbonyl (C=O) groups is 3. The van der Waals surface area contributed by atoms with Gasteiger partial charge in [0.05, 0.1) is 13.2 Å². The molecule has 0 aliphatic heterocycles. The number of esters is 3. The second-order valence-corrected chi connectivity index (χ2v) is 9.48. The molecule has 0 saturated carbocycles. The van der Waals surface area contributed by atoms with Crippen molar-refractivity contribution in [2.45, 2.75) is 131 Å². The lowest BCUT2D eigenvalue weighted by molar-refractivity contribution is -0.177. The Morgan fingerprint density at radius 2 is 1.15 bits per heavy atom. The molecule has 2 atom stereocenters. The van der Waals surface area contributed by atoms with Crippen LogP contribution in [0.1, 0.15) is 125 Å². The molecule has 0 aromatic carbocycles. The van der Waals surface area contributed by atoms with Gasteiger partial charge >= 0.3 is 17.9 Å². The van der Waals surface area contributed by atoms with Crippen LogP contribution in [-0.2, 0) is 28.6 Å². The van der Waals surface area contributed by atoms with Gasteiger partial charge in [0.1, 0.15) is 5.92 Å². The van der Waals surface area contributed by atoms with Gasteiger partial charge in [-0.25, -0.2) is 4.79 Å². The highest BCUT2D eigenvalue weighted by atomic mass is 16.6. The number of hydrogen-bond acceptors (Lipinski definition) is 6. The van der Waals surface area contributed by atoms with Gasteiger partial charge < -0.3 is 14.2 Å². The van der Waals surface area contributed by atoms with E-state index in [4.69, 9.17) is 14.2 Å². The lowest BCUT2D eigenvalue weighted by Gasteiger charge is -2.24. The van der Waals surface area contributed by atoms with Crippen molar-refractivity contribution in [3.05, 3.63) is 0 Å². The molecule has 0 heterocycles. The maximum absolute atomic E-state index is 12.8. The molecule has 0 bridgehead atoms. The topological polar surface area (TPSA) is 78.9 Å². The highest BCUT2D eigenvalue weighted by Crippen LogP contribution is 2.21. The van der Waals surface area contributed by atoms with Crippen LogP contribution in [0.25, 0.3) is 0 Å². The van der Waals surface area contributed by atoms with E-state index in [0.717, 1.165) is 50.9 Å².